The fraction of sp³-hybridized carbons (Fsp3) is 0. The number of imide groups is 1. The second-order valence-electron chi connectivity index (χ2n) is 4.54. The summed E-state index contributed by atoms with van der Waals surface area (Å²) in [5.41, 5.74) is 0.668. The van der Waals surface area contributed by atoms with E-state index in [2.05, 4.69) is 10.6 Å². The molecular weight excluding hydrogens is 304 g/mol. The van der Waals surface area contributed by atoms with Crippen molar-refractivity contribution in [3.63, 3.8) is 0 Å². The van der Waals surface area contributed by atoms with Crippen LogP contribution in [-0.4, -0.2) is 11.8 Å². The maximum atomic E-state index is 11.5. The molecule has 0 aliphatic carbocycles. The van der Waals surface area contributed by atoms with Gasteiger partial charge in [-0.05, 0) is 36.4 Å². The van der Waals surface area contributed by atoms with Gasteiger partial charge in [0.15, 0.2) is 0 Å². The van der Waals surface area contributed by atoms with Crippen LogP contribution in [0.4, 0.5) is 5.69 Å². The summed E-state index contributed by atoms with van der Waals surface area (Å²) in [5, 5.41) is 4.79. The molecule has 0 radical (unpaired) electrons. The van der Waals surface area contributed by atoms with Gasteiger partial charge in [-0.2, -0.15) is 0 Å². The minimum Gasteiger partial charge on any atom is -0.457 e. The highest BCUT2D eigenvalue weighted by molar-refractivity contribution is 6.48. The van der Waals surface area contributed by atoms with Gasteiger partial charge < -0.3 is 10.1 Å². The van der Waals surface area contributed by atoms with Crippen molar-refractivity contribution in [2.45, 2.75) is 0 Å². The van der Waals surface area contributed by atoms with Crippen LogP contribution in [0.25, 0.3) is 0 Å². The first-order chi connectivity index (χ1) is 10.6. The molecule has 1 aliphatic heterocycles. The smallest absolute Gasteiger partial charge is 0.276 e. The van der Waals surface area contributed by atoms with Gasteiger partial charge in [0.1, 0.15) is 22.2 Å². The minimum atomic E-state index is -0.599. The second kappa shape index (κ2) is 5.91. The van der Waals surface area contributed by atoms with Gasteiger partial charge in [-0.15, -0.1) is 0 Å². The van der Waals surface area contributed by atoms with Crippen molar-refractivity contribution in [2.24, 2.45) is 0 Å². The molecule has 0 aromatic heterocycles. The summed E-state index contributed by atoms with van der Waals surface area (Å²) < 4.78 is 5.66. The van der Waals surface area contributed by atoms with Crippen molar-refractivity contribution in [3.05, 3.63) is 65.3 Å². The van der Waals surface area contributed by atoms with E-state index in [-0.39, 0.29) is 10.7 Å². The lowest BCUT2D eigenvalue weighted by molar-refractivity contribution is -0.123. The zero-order valence-corrected chi connectivity index (χ0v) is 12.1. The number of benzene rings is 2. The fourth-order valence-electron chi connectivity index (χ4n) is 1.92. The maximum Gasteiger partial charge on any atom is 0.276 e. The Balaban J connectivity index is 1.72. The van der Waals surface area contributed by atoms with Crippen LogP contribution in [0, 0.1) is 0 Å². The Bertz CT molecular complexity index is 755. The number of hydrogen-bond acceptors (Lipinski definition) is 4. The molecule has 0 spiro atoms. The Morgan fingerprint density at radius 2 is 1.50 bits per heavy atom. The monoisotopic (exact) mass is 314 g/mol. The molecule has 110 valence electrons. The third-order valence-corrected chi connectivity index (χ3v) is 3.34. The van der Waals surface area contributed by atoms with Gasteiger partial charge in [0.25, 0.3) is 11.8 Å². The van der Waals surface area contributed by atoms with E-state index in [4.69, 9.17) is 16.3 Å². The highest BCUT2D eigenvalue weighted by Gasteiger charge is 2.29. The number of ether oxygens (including phenoxy) is 1. The largest absolute Gasteiger partial charge is 0.457 e. The Hall–Kier alpha value is -2.79. The van der Waals surface area contributed by atoms with Crippen LogP contribution in [0.5, 0.6) is 11.5 Å². The number of carbonyl (C=O) groups is 2. The molecule has 0 unspecified atom stereocenters. The molecule has 22 heavy (non-hydrogen) atoms. The van der Waals surface area contributed by atoms with E-state index >= 15 is 0 Å². The Kier molecular flexibility index (Phi) is 3.80. The Morgan fingerprint density at radius 3 is 2.09 bits per heavy atom. The lowest BCUT2D eigenvalue weighted by Gasteiger charge is -2.08. The van der Waals surface area contributed by atoms with Crippen molar-refractivity contribution in [2.75, 3.05) is 5.32 Å². The summed E-state index contributed by atoms with van der Waals surface area (Å²) in [6, 6.07) is 16.3. The van der Waals surface area contributed by atoms with Crippen LogP contribution in [0.1, 0.15) is 0 Å². The number of halogens is 1. The molecule has 0 fully saturated rings. The molecule has 0 atom stereocenters. The summed E-state index contributed by atoms with van der Waals surface area (Å²) in [7, 11) is 0. The normalized spacial score (nSPS) is 14.0. The van der Waals surface area contributed by atoms with Crippen LogP contribution in [0.15, 0.2) is 65.3 Å². The topological polar surface area (TPSA) is 67.4 Å². The van der Waals surface area contributed by atoms with E-state index < -0.39 is 11.8 Å². The molecule has 1 heterocycles. The van der Waals surface area contributed by atoms with Gasteiger partial charge in [-0.25, -0.2) is 0 Å². The van der Waals surface area contributed by atoms with Crippen molar-refractivity contribution in [3.8, 4) is 11.5 Å². The predicted molar refractivity (Wildman–Crippen MR) is 82.6 cm³/mol. The number of rotatable bonds is 4. The summed E-state index contributed by atoms with van der Waals surface area (Å²) in [5.74, 6) is 0.247. The van der Waals surface area contributed by atoms with Gasteiger partial charge in [0, 0.05) is 5.69 Å². The molecule has 5 nitrogen and oxygen atoms in total. The SMILES string of the molecule is O=C1NC(=O)C(Nc2ccc(Oc3ccccc3)cc2)=C1Cl. The fourth-order valence-corrected chi connectivity index (χ4v) is 2.10. The van der Waals surface area contributed by atoms with Gasteiger partial charge in [0.2, 0.25) is 0 Å². The lowest BCUT2D eigenvalue weighted by Crippen LogP contribution is -2.24. The zero-order chi connectivity index (χ0) is 15.5. The van der Waals surface area contributed by atoms with Crippen molar-refractivity contribution >= 4 is 29.1 Å². The van der Waals surface area contributed by atoms with Gasteiger partial charge in [-0.1, -0.05) is 29.8 Å². The predicted octanol–water partition coefficient (Wildman–Crippen LogP) is 3.00. The highest BCUT2D eigenvalue weighted by atomic mass is 35.5. The van der Waals surface area contributed by atoms with E-state index in [0.29, 0.717) is 11.4 Å². The Morgan fingerprint density at radius 1 is 0.864 bits per heavy atom. The third-order valence-electron chi connectivity index (χ3n) is 2.98. The summed E-state index contributed by atoms with van der Waals surface area (Å²) >= 11 is 5.77. The Labute approximate surface area is 131 Å². The first-order valence-electron chi connectivity index (χ1n) is 6.49. The van der Waals surface area contributed by atoms with Gasteiger partial charge in [-0.3, -0.25) is 14.9 Å². The average Bonchev–Trinajstić information content (AvgIpc) is 2.77. The number of para-hydroxylation sites is 1. The first-order valence-corrected chi connectivity index (χ1v) is 6.87. The summed E-state index contributed by atoms with van der Waals surface area (Å²) in [6.07, 6.45) is 0. The van der Waals surface area contributed by atoms with E-state index in [1.807, 2.05) is 30.3 Å². The molecular formula is C16H11ClN2O3. The molecule has 0 saturated heterocycles. The summed E-state index contributed by atoms with van der Waals surface area (Å²) in [6.45, 7) is 0. The number of anilines is 1. The molecule has 2 amide bonds. The van der Waals surface area contributed by atoms with Gasteiger partial charge >= 0.3 is 0 Å². The molecule has 2 N–H and O–H groups in total. The zero-order valence-electron chi connectivity index (χ0n) is 11.3. The molecule has 1 aliphatic rings. The van der Waals surface area contributed by atoms with Crippen LogP contribution >= 0.6 is 11.6 Å². The molecule has 0 saturated carbocycles. The molecule has 0 bridgehead atoms. The first kappa shape index (κ1) is 14.2. The second-order valence-corrected chi connectivity index (χ2v) is 4.91. The maximum absolute atomic E-state index is 11.5. The van der Waals surface area contributed by atoms with Crippen LogP contribution in [0.2, 0.25) is 0 Å². The number of nitrogens with one attached hydrogen (secondary N) is 2. The van der Waals surface area contributed by atoms with Gasteiger partial charge in [0.05, 0.1) is 0 Å². The molecule has 3 rings (SSSR count). The van der Waals surface area contributed by atoms with Crippen molar-refractivity contribution in [1.29, 1.82) is 0 Å². The van der Waals surface area contributed by atoms with Crippen molar-refractivity contribution in [1.82, 2.24) is 5.32 Å². The molecule has 6 heteroatoms. The third kappa shape index (κ3) is 2.94. The van der Waals surface area contributed by atoms with E-state index in [1.54, 1.807) is 24.3 Å². The number of amides is 2. The lowest BCUT2D eigenvalue weighted by atomic mass is 10.3. The quantitative estimate of drug-likeness (QED) is 0.851. The number of carbonyl (C=O) groups excluding carboxylic acids is 2. The van der Waals surface area contributed by atoms with E-state index in [0.717, 1.165) is 5.75 Å². The van der Waals surface area contributed by atoms with E-state index in [1.165, 1.54) is 0 Å². The minimum absolute atomic E-state index is 0.0448. The van der Waals surface area contributed by atoms with Crippen LogP contribution in [0.3, 0.4) is 0 Å². The average molecular weight is 315 g/mol. The van der Waals surface area contributed by atoms with Crippen LogP contribution < -0.4 is 15.4 Å². The molecule has 2 aromatic rings. The van der Waals surface area contributed by atoms with Crippen LogP contribution in [-0.2, 0) is 9.59 Å². The highest BCUT2D eigenvalue weighted by Crippen LogP contribution is 2.24. The standard InChI is InChI=1S/C16H11ClN2O3/c17-13-14(16(21)19-15(13)20)18-10-6-8-12(9-7-10)22-11-4-2-1-3-5-11/h1-9H,(H2,18,19,20,21). The summed E-state index contributed by atoms with van der Waals surface area (Å²) in [4.78, 5) is 22.8. The van der Waals surface area contributed by atoms with Crippen molar-refractivity contribution < 1.29 is 14.3 Å². The number of hydrogen-bond donors (Lipinski definition) is 2. The van der Waals surface area contributed by atoms with E-state index in [9.17, 15) is 9.59 Å². The molecule has 2 aromatic carbocycles.